The molecule has 11 heteroatoms. The van der Waals surface area contributed by atoms with Crippen LogP contribution in [0.15, 0.2) is 30.3 Å². The molecule has 3 rings (SSSR count). The van der Waals surface area contributed by atoms with Gasteiger partial charge in [0.25, 0.3) is 0 Å². The smallest absolute Gasteiger partial charge is 0.229 e. The first kappa shape index (κ1) is 22.3. The maximum atomic E-state index is 10.5. The van der Waals surface area contributed by atoms with Crippen LogP contribution in [-0.2, 0) is 14.2 Å². The Morgan fingerprint density at radius 2 is 1.24 bits per heavy atom. The summed E-state index contributed by atoms with van der Waals surface area (Å²) in [5.74, 6) is 0.347. The predicted molar refractivity (Wildman–Crippen MR) is 93.5 cm³/mol. The van der Waals surface area contributed by atoms with E-state index < -0.39 is 74.6 Å². The van der Waals surface area contributed by atoms with Crippen molar-refractivity contribution in [2.24, 2.45) is 0 Å². The van der Waals surface area contributed by atoms with Crippen molar-refractivity contribution >= 4 is 0 Å². The molecule has 11 nitrogen and oxygen atoms in total. The summed E-state index contributed by atoms with van der Waals surface area (Å²) >= 11 is 0. The molecule has 0 spiro atoms. The van der Waals surface area contributed by atoms with Gasteiger partial charge in [-0.1, -0.05) is 18.2 Å². The quantitative estimate of drug-likeness (QED) is 0.246. The van der Waals surface area contributed by atoms with Crippen LogP contribution < -0.4 is 4.74 Å². The first-order chi connectivity index (χ1) is 13.9. The van der Waals surface area contributed by atoms with Crippen molar-refractivity contribution in [2.75, 3.05) is 13.2 Å². The summed E-state index contributed by atoms with van der Waals surface area (Å²) < 4.78 is 22.0. The van der Waals surface area contributed by atoms with Crippen molar-refractivity contribution in [2.45, 2.75) is 61.4 Å². The second-order valence-corrected chi connectivity index (χ2v) is 6.94. The molecule has 0 aliphatic carbocycles. The molecule has 0 bridgehead atoms. The van der Waals surface area contributed by atoms with Gasteiger partial charge >= 0.3 is 0 Å². The van der Waals surface area contributed by atoms with E-state index in [4.69, 9.17) is 18.9 Å². The summed E-state index contributed by atoms with van der Waals surface area (Å²) in [5, 5.41) is 69.3. The van der Waals surface area contributed by atoms with Crippen LogP contribution in [0.4, 0.5) is 0 Å². The fraction of sp³-hybridized carbons (Fsp3) is 0.667. The van der Waals surface area contributed by atoms with E-state index in [0.29, 0.717) is 5.75 Å². The number of aliphatic hydroxyl groups is 7. The highest BCUT2D eigenvalue weighted by atomic mass is 16.8. The maximum absolute atomic E-state index is 10.5. The summed E-state index contributed by atoms with van der Waals surface area (Å²) in [5.41, 5.74) is 0. The third-order valence-electron chi connectivity index (χ3n) is 4.96. The molecule has 7 N–H and O–H groups in total. The molecule has 2 heterocycles. The van der Waals surface area contributed by atoms with E-state index in [9.17, 15) is 35.7 Å². The molecule has 29 heavy (non-hydrogen) atoms. The van der Waals surface area contributed by atoms with Gasteiger partial charge in [0.15, 0.2) is 12.4 Å². The molecule has 164 valence electrons. The van der Waals surface area contributed by atoms with Crippen LogP contribution in [0.5, 0.6) is 5.75 Å². The Kier molecular flexibility index (Phi) is 7.40. The van der Waals surface area contributed by atoms with Gasteiger partial charge in [0.05, 0.1) is 13.2 Å². The van der Waals surface area contributed by atoms with E-state index in [2.05, 4.69) is 0 Å². The van der Waals surface area contributed by atoms with Gasteiger partial charge in [-0.15, -0.1) is 0 Å². The average molecular weight is 418 g/mol. The summed E-state index contributed by atoms with van der Waals surface area (Å²) in [6.45, 7) is -1.26. The Bertz CT molecular complexity index is 629. The van der Waals surface area contributed by atoms with Gasteiger partial charge in [0.2, 0.25) is 6.29 Å². The summed E-state index contributed by atoms with van der Waals surface area (Å²) in [4.78, 5) is 0. The lowest BCUT2D eigenvalue weighted by atomic mass is 9.97. The second kappa shape index (κ2) is 9.62. The number of aliphatic hydroxyl groups excluding tert-OH is 7. The number of hydrogen-bond acceptors (Lipinski definition) is 11. The van der Waals surface area contributed by atoms with Gasteiger partial charge in [0.1, 0.15) is 48.5 Å². The molecule has 2 fully saturated rings. The Balaban J connectivity index is 1.80. The number of rotatable bonds is 6. The first-order valence-electron chi connectivity index (χ1n) is 9.17. The largest absolute Gasteiger partial charge is 0.462 e. The van der Waals surface area contributed by atoms with Crippen LogP contribution in [0.2, 0.25) is 0 Å². The molecule has 1 aromatic carbocycles. The minimum Gasteiger partial charge on any atom is -0.462 e. The SMILES string of the molecule is OC[C@@H]1O[C@@H](O[C@@H]2[C@H](Oc3ccccc3)O[C@@H](CO)[C@@H](O)[C@@H]2O)[C@H](O)[C@@H](O)[C@@H]1O. The number of hydrogen-bond donors (Lipinski definition) is 7. The van der Waals surface area contributed by atoms with Crippen molar-refractivity contribution < 1.29 is 54.7 Å². The van der Waals surface area contributed by atoms with Gasteiger partial charge in [-0.3, -0.25) is 0 Å². The number of ether oxygens (including phenoxy) is 4. The van der Waals surface area contributed by atoms with Crippen LogP contribution in [0.3, 0.4) is 0 Å². The molecular formula is C18H26O11. The van der Waals surface area contributed by atoms with Gasteiger partial charge in [-0.25, -0.2) is 0 Å². The van der Waals surface area contributed by atoms with Crippen LogP contribution in [0.25, 0.3) is 0 Å². The van der Waals surface area contributed by atoms with Crippen LogP contribution in [0.1, 0.15) is 0 Å². The fourth-order valence-electron chi connectivity index (χ4n) is 3.26. The van der Waals surface area contributed by atoms with Gasteiger partial charge in [-0.2, -0.15) is 0 Å². The topological polar surface area (TPSA) is 179 Å². The second-order valence-electron chi connectivity index (χ2n) is 6.94. The normalized spacial score (nSPS) is 43.1. The van der Waals surface area contributed by atoms with Gasteiger partial charge in [-0.05, 0) is 12.1 Å². The van der Waals surface area contributed by atoms with Crippen molar-refractivity contribution in [1.29, 1.82) is 0 Å². The Labute approximate surface area is 166 Å². The average Bonchev–Trinajstić information content (AvgIpc) is 2.73. The van der Waals surface area contributed by atoms with E-state index in [-0.39, 0.29) is 0 Å². The molecule has 2 saturated heterocycles. The monoisotopic (exact) mass is 418 g/mol. The summed E-state index contributed by atoms with van der Waals surface area (Å²) in [6, 6.07) is 8.37. The van der Waals surface area contributed by atoms with Gasteiger partial charge < -0.3 is 54.7 Å². The molecule has 0 unspecified atom stereocenters. The van der Waals surface area contributed by atoms with E-state index in [1.54, 1.807) is 30.3 Å². The zero-order valence-electron chi connectivity index (χ0n) is 15.3. The van der Waals surface area contributed by atoms with Crippen molar-refractivity contribution in [1.82, 2.24) is 0 Å². The molecule has 0 amide bonds. The lowest BCUT2D eigenvalue weighted by molar-refractivity contribution is -0.357. The number of para-hydroxylation sites is 1. The molecular weight excluding hydrogens is 392 g/mol. The van der Waals surface area contributed by atoms with Crippen LogP contribution >= 0.6 is 0 Å². The summed E-state index contributed by atoms with van der Waals surface area (Å²) in [6.07, 6.45) is -14.8. The molecule has 0 aromatic heterocycles. The number of benzene rings is 1. The first-order valence-corrected chi connectivity index (χ1v) is 9.17. The Morgan fingerprint density at radius 1 is 0.690 bits per heavy atom. The Morgan fingerprint density at radius 3 is 1.83 bits per heavy atom. The fourth-order valence-corrected chi connectivity index (χ4v) is 3.26. The maximum Gasteiger partial charge on any atom is 0.229 e. The zero-order valence-corrected chi connectivity index (χ0v) is 15.3. The van der Waals surface area contributed by atoms with Crippen molar-refractivity contribution in [3.05, 3.63) is 30.3 Å². The van der Waals surface area contributed by atoms with E-state index in [1.807, 2.05) is 0 Å². The molecule has 1 aromatic rings. The third kappa shape index (κ3) is 4.70. The lowest BCUT2D eigenvalue weighted by Crippen LogP contribution is -2.65. The van der Waals surface area contributed by atoms with Crippen molar-refractivity contribution in [3.63, 3.8) is 0 Å². The molecule has 10 atom stereocenters. The zero-order chi connectivity index (χ0) is 21.1. The highest BCUT2D eigenvalue weighted by molar-refractivity contribution is 5.21. The highest BCUT2D eigenvalue weighted by Gasteiger charge is 2.51. The lowest BCUT2D eigenvalue weighted by Gasteiger charge is -2.45. The minimum atomic E-state index is -1.72. The molecule has 0 radical (unpaired) electrons. The van der Waals surface area contributed by atoms with Crippen molar-refractivity contribution in [3.8, 4) is 5.75 Å². The predicted octanol–water partition coefficient (Wildman–Crippen LogP) is -3.31. The van der Waals surface area contributed by atoms with Crippen LogP contribution in [0, 0.1) is 0 Å². The minimum absolute atomic E-state index is 0.347. The molecule has 0 saturated carbocycles. The molecule has 2 aliphatic heterocycles. The summed E-state index contributed by atoms with van der Waals surface area (Å²) in [7, 11) is 0. The van der Waals surface area contributed by atoms with Crippen LogP contribution in [-0.4, -0.2) is 110 Å². The molecule has 2 aliphatic rings. The van der Waals surface area contributed by atoms with E-state index in [1.165, 1.54) is 0 Å². The van der Waals surface area contributed by atoms with Gasteiger partial charge in [0, 0.05) is 0 Å². The standard InChI is InChI=1S/C18H26O11/c19-6-9-11(21)13(23)15(25)17(27-9)29-16-14(24)12(22)10(7-20)28-18(16)26-8-4-2-1-3-5-8/h1-5,9-25H,6-7H2/t9-,10-,11+,12+,13-,14-,15+,16-,17-,18+/m0/s1. The highest BCUT2D eigenvalue weighted by Crippen LogP contribution is 2.30. The van der Waals surface area contributed by atoms with E-state index >= 15 is 0 Å². The third-order valence-corrected chi connectivity index (χ3v) is 4.96. The van der Waals surface area contributed by atoms with E-state index in [0.717, 1.165) is 0 Å². The Hall–Kier alpha value is -1.38.